The molecule has 3 N–H and O–H groups in total. The Hall–Kier alpha value is -1.05. The Kier molecular flexibility index (Phi) is 57.3. The van der Waals surface area contributed by atoms with Crippen molar-refractivity contribution in [3.8, 4) is 0 Å². The van der Waals surface area contributed by atoms with Crippen LogP contribution in [0.4, 0.5) is 0 Å². The second-order valence-corrected chi connectivity index (χ2v) is 12.9. The quantitative estimate of drug-likeness (QED) is 0.0448. The molecule has 0 bridgehead atoms. The molecule has 49 heavy (non-hydrogen) atoms. The van der Waals surface area contributed by atoms with E-state index < -0.39 is 17.9 Å². The fourth-order valence-corrected chi connectivity index (χ4v) is 4.88. The molecule has 0 atom stereocenters. The van der Waals surface area contributed by atoms with Crippen LogP contribution in [0.2, 0.25) is 0 Å². The van der Waals surface area contributed by atoms with Gasteiger partial charge in [-0.1, -0.05) is 154 Å². The Labute approximate surface area is 335 Å². The Balaban J connectivity index is -0.000000307. The summed E-state index contributed by atoms with van der Waals surface area (Å²) in [6, 6.07) is 0. The predicted octanol–water partition coefficient (Wildman–Crippen LogP) is 13.6. The third-order valence-corrected chi connectivity index (χ3v) is 7.96. The molecule has 0 radical (unpaired) electrons. The molecule has 0 aromatic rings. The van der Waals surface area contributed by atoms with Crippen molar-refractivity contribution >= 4 is 17.9 Å². The summed E-state index contributed by atoms with van der Waals surface area (Å²) in [4.78, 5) is 30.8. The molecule has 0 aliphatic heterocycles. The van der Waals surface area contributed by atoms with Crippen LogP contribution in [0.15, 0.2) is 36.5 Å². The second-order valence-electron chi connectivity index (χ2n) is 12.9. The Bertz CT molecular complexity index is 662. The number of allylic oxidation sites excluding steroid dienone is 6. The van der Waals surface area contributed by atoms with Gasteiger partial charge in [-0.2, -0.15) is 0 Å². The first kappa shape index (κ1) is 54.7. The van der Waals surface area contributed by atoms with Crippen molar-refractivity contribution in [3.63, 3.8) is 0 Å². The van der Waals surface area contributed by atoms with Crippen molar-refractivity contribution < 1.29 is 69.6 Å². The third-order valence-electron chi connectivity index (χ3n) is 7.96. The Morgan fingerprint density at radius 3 is 0.714 bits per heavy atom. The van der Waals surface area contributed by atoms with Gasteiger partial charge in [0.1, 0.15) is 0 Å². The Morgan fingerprint density at radius 2 is 0.510 bits per heavy atom. The summed E-state index contributed by atoms with van der Waals surface area (Å²) < 4.78 is 0. The number of carboxylic acids is 3. The van der Waals surface area contributed by atoms with E-state index in [0.29, 0.717) is 19.3 Å². The molecule has 290 valence electrons. The van der Waals surface area contributed by atoms with Crippen molar-refractivity contribution in [2.45, 2.75) is 213 Å². The summed E-state index contributed by atoms with van der Waals surface area (Å²) in [6.45, 7) is 6.64. The maximum absolute atomic E-state index is 10.3. The molecule has 0 heterocycles. The first-order valence-corrected chi connectivity index (χ1v) is 19.9. The minimum absolute atomic E-state index is 0. The largest absolute Gasteiger partial charge is 0.481 e. The third kappa shape index (κ3) is 65.9. The topological polar surface area (TPSA) is 112 Å². The van der Waals surface area contributed by atoms with Gasteiger partial charge in [0.25, 0.3) is 0 Å². The molecule has 0 spiro atoms. The summed E-state index contributed by atoms with van der Waals surface area (Å²) in [7, 11) is 0. The van der Waals surface area contributed by atoms with E-state index >= 15 is 0 Å². The molecule has 0 fully saturated rings. The van der Waals surface area contributed by atoms with Crippen LogP contribution < -0.4 is 0 Å². The van der Waals surface area contributed by atoms with Gasteiger partial charge in [0.05, 0.1) is 0 Å². The monoisotopic (exact) mass is 837 g/mol. The maximum Gasteiger partial charge on any atom is 0.303 e. The van der Waals surface area contributed by atoms with E-state index in [-0.39, 0.29) is 39.9 Å². The summed E-state index contributed by atoms with van der Waals surface area (Å²) in [5.41, 5.74) is 0. The molecule has 0 aromatic heterocycles. The molecule has 0 saturated carbocycles. The Morgan fingerprint density at radius 1 is 0.327 bits per heavy atom. The number of carbonyl (C=O) groups is 3. The first-order valence-electron chi connectivity index (χ1n) is 19.9. The van der Waals surface area contributed by atoms with Crippen LogP contribution in [0.3, 0.4) is 0 Å². The van der Waals surface area contributed by atoms with Crippen molar-refractivity contribution in [3.05, 3.63) is 36.5 Å². The zero-order valence-electron chi connectivity index (χ0n) is 32.1. The maximum atomic E-state index is 10.3. The molecular formula is C42H78GdO6. The average Bonchev–Trinajstić information content (AvgIpc) is 3.05. The van der Waals surface area contributed by atoms with Crippen molar-refractivity contribution in [1.82, 2.24) is 0 Å². The molecule has 6 nitrogen and oxygen atoms in total. The molecule has 0 saturated heterocycles. The normalized spacial score (nSPS) is 10.8. The molecule has 0 rings (SSSR count). The number of hydrogen-bond acceptors (Lipinski definition) is 3. The molecule has 0 aliphatic carbocycles. The van der Waals surface area contributed by atoms with Crippen LogP contribution in [0.1, 0.15) is 213 Å². The van der Waals surface area contributed by atoms with E-state index in [1.54, 1.807) is 0 Å². The van der Waals surface area contributed by atoms with Crippen LogP contribution in [0, 0.1) is 39.9 Å². The van der Waals surface area contributed by atoms with Crippen LogP contribution >= 0.6 is 0 Å². The van der Waals surface area contributed by atoms with Gasteiger partial charge < -0.3 is 15.3 Å². The molecular weight excluding hydrogens is 758 g/mol. The molecule has 0 amide bonds. The fraction of sp³-hybridized carbons (Fsp3) is 0.786. The minimum atomic E-state index is -0.668. The smallest absolute Gasteiger partial charge is 0.303 e. The van der Waals surface area contributed by atoms with E-state index in [4.69, 9.17) is 15.3 Å². The van der Waals surface area contributed by atoms with Crippen LogP contribution in [-0.2, 0) is 14.4 Å². The van der Waals surface area contributed by atoms with E-state index in [9.17, 15) is 14.4 Å². The van der Waals surface area contributed by atoms with E-state index in [2.05, 4.69) is 57.2 Å². The standard InChI is InChI=1S/3C14H26O2.Gd/c3*1-2-3-4-5-6-7-8-9-10-11-12-13-14(15)16;/h3*5-6H,2-4,7-13H2,1H3,(H,15,16);/b3*6-5-;. The van der Waals surface area contributed by atoms with Crippen LogP contribution in [0.5, 0.6) is 0 Å². The van der Waals surface area contributed by atoms with Crippen molar-refractivity contribution in [1.29, 1.82) is 0 Å². The number of aliphatic carboxylic acids is 3. The zero-order chi connectivity index (χ0) is 36.2. The van der Waals surface area contributed by atoms with E-state index in [0.717, 1.165) is 38.5 Å². The van der Waals surface area contributed by atoms with Gasteiger partial charge in [0.2, 0.25) is 0 Å². The molecule has 0 aromatic carbocycles. The predicted molar refractivity (Wildman–Crippen MR) is 206 cm³/mol. The second kappa shape index (κ2) is 51.3. The number of unbranched alkanes of at least 4 members (excludes halogenated alkanes) is 21. The summed E-state index contributed by atoms with van der Waals surface area (Å²) >= 11 is 0. The zero-order valence-corrected chi connectivity index (χ0v) is 34.4. The van der Waals surface area contributed by atoms with Crippen molar-refractivity contribution in [2.24, 2.45) is 0 Å². The number of rotatable bonds is 33. The van der Waals surface area contributed by atoms with Gasteiger partial charge >= 0.3 is 17.9 Å². The van der Waals surface area contributed by atoms with E-state index in [1.807, 2.05) is 0 Å². The molecule has 0 unspecified atom stereocenters. The fourth-order valence-electron chi connectivity index (χ4n) is 4.88. The average molecular weight is 836 g/mol. The van der Waals surface area contributed by atoms with Crippen molar-refractivity contribution in [2.75, 3.05) is 0 Å². The summed E-state index contributed by atoms with van der Waals surface area (Å²) in [6.07, 6.45) is 46.3. The minimum Gasteiger partial charge on any atom is -0.481 e. The molecule has 0 aliphatic rings. The number of hydrogen-bond donors (Lipinski definition) is 3. The summed E-state index contributed by atoms with van der Waals surface area (Å²) in [5.74, 6) is -2.00. The molecule has 7 heteroatoms. The van der Waals surface area contributed by atoms with Gasteiger partial charge in [-0.05, 0) is 77.0 Å². The number of carboxylic acid groups (broad SMARTS) is 3. The van der Waals surface area contributed by atoms with Gasteiger partial charge in [-0.3, -0.25) is 14.4 Å². The first-order chi connectivity index (χ1) is 23.3. The van der Waals surface area contributed by atoms with Gasteiger partial charge in [-0.15, -0.1) is 0 Å². The van der Waals surface area contributed by atoms with E-state index in [1.165, 1.54) is 135 Å². The van der Waals surface area contributed by atoms with Gasteiger partial charge in [0.15, 0.2) is 0 Å². The van der Waals surface area contributed by atoms with Crippen LogP contribution in [0.25, 0.3) is 0 Å². The SMILES string of the molecule is CCCC/C=C\CCCCCCCC(=O)O.CCCC/C=C\CCCCCCCC(=O)O.CCCC/C=C\CCCCCCCC(=O)O.[Gd]. The summed E-state index contributed by atoms with van der Waals surface area (Å²) in [5, 5.41) is 25.3. The van der Waals surface area contributed by atoms with Crippen LogP contribution in [-0.4, -0.2) is 33.2 Å². The van der Waals surface area contributed by atoms with Gasteiger partial charge in [0, 0.05) is 59.2 Å². The van der Waals surface area contributed by atoms with Gasteiger partial charge in [-0.25, -0.2) is 0 Å².